The molecule has 1 aromatic rings. The average Bonchev–Trinajstić information content (AvgIpc) is 2.77. The molecule has 0 radical (unpaired) electrons. The second kappa shape index (κ2) is 5.08. The highest BCUT2D eigenvalue weighted by Crippen LogP contribution is 2.36. The highest BCUT2D eigenvalue weighted by Gasteiger charge is 2.47. The minimum Gasteiger partial charge on any atom is -0.507 e. The number of imide groups is 2. The largest absolute Gasteiger partial charge is 0.507 e. The zero-order valence-electron chi connectivity index (χ0n) is 12.5. The molecule has 1 unspecified atom stereocenters. The van der Waals surface area contributed by atoms with Gasteiger partial charge in [0.2, 0.25) is 5.91 Å². The van der Waals surface area contributed by atoms with Gasteiger partial charge in [-0.1, -0.05) is 0 Å². The molecule has 0 aromatic heterocycles. The number of benzene rings is 1. The van der Waals surface area contributed by atoms with Crippen LogP contribution in [0.4, 0.5) is 0 Å². The SMILES string of the molecule is COc1cc(O)c2c(c1)C(=O)N(C1CCC(=O)N(C)C1=O)C2=O. The van der Waals surface area contributed by atoms with Gasteiger partial charge in [0, 0.05) is 19.5 Å². The molecule has 2 aliphatic rings. The van der Waals surface area contributed by atoms with Gasteiger partial charge in [0.25, 0.3) is 17.7 Å². The normalized spacial score (nSPS) is 21.0. The fourth-order valence-corrected chi connectivity index (χ4v) is 2.88. The van der Waals surface area contributed by atoms with Gasteiger partial charge in [-0.3, -0.25) is 29.0 Å². The molecule has 8 heteroatoms. The molecule has 1 atom stereocenters. The zero-order chi connectivity index (χ0) is 16.9. The van der Waals surface area contributed by atoms with Crippen LogP contribution < -0.4 is 4.74 Å². The summed E-state index contributed by atoms with van der Waals surface area (Å²) in [6.45, 7) is 0. The molecule has 1 N–H and O–H groups in total. The number of hydrogen-bond acceptors (Lipinski definition) is 6. The molecule has 1 aromatic carbocycles. The van der Waals surface area contributed by atoms with Crippen molar-refractivity contribution >= 4 is 23.6 Å². The molecule has 2 aliphatic heterocycles. The number of carbonyl (C=O) groups is 4. The van der Waals surface area contributed by atoms with Gasteiger partial charge in [-0.25, -0.2) is 0 Å². The summed E-state index contributed by atoms with van der Waals surface area (Å²) in [5.74, 6) is -2.54. The van der Waals surface area contributed by atoms with Crippen molar-refractivity contribution in [2.24, 2.45) is 0 Å². The topological polar surface area (TPSA) is 104 Å². The third kappa shape index (κ3) is 2.06. The number of methoxy groups -OCH3 is 1. The Morgan fingerprint density at radius 3 is 2.52 bits per heavy atom. The summed E-state index contributed by atoms with van der Waals surface area (Å²) in [4.78, 5) is 50.6. The number of piperidine rings is 1. The number of phenols is 1. The van der Waals surface area contributed by atoms with E-state index >= 15 is 0 Å². The van der Waals surface area contributed by atoms with Crippen molar-refractivity contribution in [1.82, 2.24) is 9.80 Å². The van der Waals surface area contributed by atoms with Gasteiger partial charge in [0.15, 0.2) is 0 Å². The Morgan fingerprint density at radius 2 is 1.87 bits per heavy atom. The highest BCUT2D eigenvalue weighted by molar-refractivity contribution is 6.24. The molecule has 2 heterocycles. The Kier molecular flexibility index (Phi) is 3.32. The number of nitrogens with zero attached hydrogens (tertiary/aromatic N) is 2. The van der Waals surface area contributed by atoms with Gasteiger partial charge < -0.3 is 9.84 Å². The molecule has 8 nitrogen and oxygen atoms in total. The van der Waals surface area contributed by atoms with Gasteiger partial charge in [0.1, 0.15) is 17.5 Å². The first kappa shape index (κ1) is 15.0. The molecule has 0 aliphatic carbocycles. The van der Waals surface area contributed by atoms with Crippen LogP contribution in [0, 0.1) is 0 Å². The number of carbonyl (C=O) groups excluding carboxylic acids is 4. The standard InChI is InChI=1S/C15H14N2O6/c1-16-11(19)4-3-9(14(16)21)17-13(20)8-5-7(23-2)6-10(18)12(8)15(17)22/h5-6,9,18H,3-4H2,1-2H3. The van der Waals surface area contributed by atoms with Crippen molar-refractivity contribution in [2.75, 3.05) is 14.2 Å². The van der Waals surface area contributed by atoms with Crippen molar-refractivity contribution in [3.63, 3.8) is 0 Å². The van der Waals surface area contributed by atoms with Crippen LogP contribution in [0.25, 0.3) is 0 Å². The lowest BCUT2D eigenvalue weighted by Crippen LogP contribution is -2.54. The van der Waals surface area contributed by atoms with E-state index < -0.39 is 23.8 Å². The van der Waals surface area contributed by atoms with E-state index in [0.29, 0.717) is 0 Å². The third-order valence-electron chi connectivity index (χ3n) is 4.14. The summed E-state index contributed by atoms with van der Waals surface area (Å²) in [5.41, 5.74) is -0.164. The van der Waals surface area contributed by atoms with Gasteiger partial charge in [0.05, 0.1) is 18.2 Å². The van der Waals surface area contributed by atoms with Crippen LogP contribution in [0.5, 0.6) is 11.5 Å². The van der Waals surface area contributed by atoms with Crippen LogP contribution in [-0.4, -0.2) is 58.7 Å². The lowest BCUT2D eigenvalue weighted by atomic mass is 10.0. The van der Waals surface area contributed by atoms with Gasteiger partial charge in [-0.05, 0) is 12.5 Å². The Labute approximate surface area is 131 Å². The van der Waals surface area contributed by atoms with Crippen molar-refractivity contribution in [3.05, 3.63) is 23.3 Å². The van der Waals surface area contributed by atoms with Crippen LogP contribution in [0.2, 0.25) is 0 Å². The highest BCUT2D eigenvalue weighted by atomic mass is 16.5. The van der Waals surface area contributed by atoms with E-state index in [9.17, 15) is 24.3 Å². The van der Waals surface area contributed by atoms with E-state index in [1.807, 2.05) is 0 Å². The number of phenolic OH excluding ortho intramolecular Hbond substituents is 1. The summed E-state index contributed by atoms with van der Waals surface area (Å²) in [5, 5.41) is 9.98. The molecule has 4 amide bonds. The summed E-state index contributed by atoms with van der Waals surface area (Å²) in [6, 6.07) is 1.53. The summed E-state index contributed by atoms with van der Waals surface area (Å²) in [6.07, 6.45) is 0.140. The van der Waals surface area contributed by atoms with Crippen molar-refractivity contribution < 1.29 is 29.0 Å². The fourth-order valence-electron chi connectivity index (χ4n) is 2.88. The maximum atomic E-state index is 12.5. The molecular weight excluding hydrogens is 304 g/mol. The quantitative estimate of drug-likeness (QED) is 0.778. The second-order valence-electron chi connectivity index (χ2n) is 5.39. The zero-order valence-corrected chi connectivity index (χ0v) is 12.5. The molecule has 0 bridgehead atoms. The van der Waals surface area contributed by atoms with Crippen LogP contribution in [-0.2, 0) is 9.59 Å². The van der Waals surface area contributed by atoms with E-state index in [4.69, 9.17) is 4.74 Å². The van der Waals surface area contributed by atoms with Crippen LogP contribution in [0.15, 0.2) is 12.1 Å². The molecule has 3 rings (SSSR count). The van der Waals surface area contributed by atoms with Gasteiger partial charge in [-0.15, -0.1) is 0 Å². The monoisotopic (exact) mass is 318 g/mol. The smallest absolute Gasteiger partial charge is 0.266 e. The lowest BCUT2D eigenvalue weighted by molar-refractivity contribution is -0.149. The molecule has 0 saturated carbocycles. The maximum Gasteiger partial charge on any atom is 0.266 e. The number of amides is 4. The summed E-state index contributed by atoms with van der Waals surface area (Å²) < 4.78 is 4.97. The lowest BCUT2D eigenvalue weighted by Gasteiger charge is -2.32. The minimum atomic E-state index is -1.05. The van der Waals surface area contributed by atoms with Crippen molar-refractivity contribution in [2.45, 2.75) is 18.9 Å². The average molecular weight is 318 g/mol. The predicted molar refractivity (Wildman–Crippen MR) is 76.0 cm³/mol. The molecule has 120 valence electrons. The van der Waals surface area contributed by atoms with E-state index in [2.05, 4.69) is 0 Å². The van der Waals surface area contributed by atoms with Crippen LogP contribution >= 0.6 is 0 Å². The molecule has 0 spiro atoms. The summed E-state index contributed by atoms with van der Waals surface area (Å²) >= 11 is 0. The Morgan fingerprint density at radius 1 is 1.17 bits per heavy atom. The number of ether oxygens (including phenoxy) is 1. The Hall–Kier alpha value is -2.90. The number of likely N-dealkylation sites (N-methyl/N-ethyl adjacent to an activating group) is 1. The summed E-state index contributed by atoms with van der Waals surface area (Å²) in [7, 11) is 2.68. The van der Waals surface area contributed by atoms with E-state index in [1.165, 1.54) is 26.3 Å². The Balaban J connectivity index is 2.02. The molecule has 1 fully saturated rings. The molecular formula is C15H14N2O6. The number of hydrogen-bond donors (Lipinski definition) is 1. The third-order valence-corrected chi connectivity index (χ3v) is 4.14. The first-order chi connectivity index (χ1) is 10.9. The van der Waals surface area contributed by atoms with Gasteiger partial charge in [-0.2, -0.15) is 0 Å². The number of aromatic hydroxyl groups is 1. The fraction of sp³-hybridized carbons (Fsp3) is 0.333. The van der Waals surface area contributed by atoms with Crippen LogP contribution in [0.1, 0.15) is 33.6 Å². The molecule has 23 heavy (non-hydrogen) atoms. The van der Waals surface area contributed by atoms with Gasteiger partial charge >= 0.3 is 0 Å². The predicted octanol–water partition coefficient (Wildman–Crippen LogP) is 0.144. The number of likely N-dealkylation sites (tertiary alicyclic amines) is 1. The first-order valence-corrected chi connectivity index (χ1v) is 6.96. The van der Waals surface area contributed by atoms with E-state index in [1.54, 1.807) is 0 Å². The van der Waals surface area contributed by atoms with Crippen molar-refractivity contribution in [3.8, 4) is 11.5 Å². The van der Waals surface area contributed by atoms with Crippen LogP contribution in [0.3, 0.4) is 0 Å². The number of rotatable bonds is 2. The maximum absolute atomic E-state index is 12.5. The molecule has 1 saturated heterocycles. The van der Waals surface area contributed by atoms with Crippen molar-refractivity contribution in [1.29, 1.82) is 0 Å². The number of fused-ring (bicyclic) bond motifs is 1. The Bertz CT molecular complexity index is 757. The van der Waals surface area contributed by atoms with E-state index in [-0.39, 0.29) is 41.4 Å². The minimum absolute atomic E-state index is 0.0146. The van der Waals surface area contributed by atoms with E-state index in [0.717, 1.165) is 9.80 Å². The second-order valence-corrected chi connectivity index (χ2v) is 5.39. The first-order valence-electron chi connectivity index (χ1n) is 6.96.